The van der Waals surface area contributed by atoms with E-state index in [9.17, 15) is 10.1 Å². The van der Waals surface area contributed by atoms with Gasteiger partial charge in [-0.05, 0) is 25.1 Å². The molecule has 2 rings (SSSR count). The maximum atomic E-state index is 10.9. The highest BCUT2D eigenvalue weighted by molar-refractivity contribution is 9.10. The van der Waals surface area contributed by atoms with Crippen molar-refractivity contribution >= 4 is 27.5 Å². The summed E-state index contributed by atoms with van der Waals surface area (Å²) in [7, 11) is 0. The summed E-state index contributed by atoms with van der Waals surface area (Å²) in [6, 6.07) is 9.52. The first-order valence-corrected chi connectivity index (χ1v) is 6.74. The van der Waals surface area contributed by atoms with Gasteiger partial charge in [0.15, 0.2) is 0 Å². The summed E-state index contributed by atoms with van der Waals surface area (Å²) in [5.41, 5.74) is 6.82. The molecule has 108 valence electrons. The minimum absolute atomic E-state index is 0.0872. The van der Waals surface area contributed by atoms with Crippen molar-refractivity contribution in [1.29, 1.82) is 5.41 Å². The average molecular weight is 350 g/mol. The molecule has 0 radical (unpaired) electrons. The van der Waals surface area contributed by atoms with Crippen LogP contribution in [0.15, 0.2) is 40.9 Å². The number of nitrogens with two attached hydrogens (primary N) is 1. The maximum Gasteiger partial charge on any atom is 0.274 e. The van der Waals surface area contributed by atoms with Crippen molar-refractivity contribution in [3.05, 3.63) is 62.1 Å². The number of amidine groups is 1. The molecule has 0 aliphatic rings. The van der Waals surface area contributed by atoms with Crippen molar-refractivity contribution in [1.82, 2.24) is 0 Å². The van der Waals surface area contributed by atoms with E-state index in [1.165, 1.54) is 12.1 Å². The molecule has 0 saturated heterocycles. The summed E-state index contributed by atoms with van der Waals surface area (Å²) < 4.78 is 6.17. The van der Waals surface area contributed by atoms with Crippen LogP contribution in [0.4, 0.5) is 5.69 Å². The van der Waals surface area contributed by atoms with Crippen molar-refractivity contribution in [2.24, 2.45) is 5.73 Å². The summed E-state index contributed by atoms with van der Waals surface area (Å²) in [5, 5.41) is 18.4. The van der Waals surface area contributed by atoms with Gasteiger partial charge >= 0.3 is 0 Å². The minimum atomic E-state index is -0.501. The Morgan fingerprint density at radius 3 is 2.67 bits per heavy atom. The van der Waals surface area contributed by atoms with Crippen molar-refractivity contribution < 1.29 is 9.66 Å². The molecule has 0 bridgehead atoms. The molecule has 7 heteroatoms. The Bertz CT molecular complexity index is 731. The zero-order chi connectivity index (χ0) is 15.6. The van der Waals surface area contributed by atoms with E-state index in [0.717, 1.165) is 5.56 Å². The van der Waals surface area contributed by atoms with Gasteiger partial charge in [-0.1, -0.05) is 27.6 Å². The minimum Gasteiger partial charge on any atom is -0.456 e. The molecule has 0 saturated carbocycles. The van der Waals surface area contributed by atoms with Gasteiger partial charge in [-0.25, -0.2) is 0 Å². The van der Waals surface area contributed by atoms with Crippen LogP contribution in [0.1, 0.15) is 11.1 Å². The highest BCUT2D eigenvalue weighted by Crippen LogP contribution is 2.31. The second kappa shape index (κ2) is 5.92. The van der Waals surface area contributed by atoms with Crippen LogP contribution < -0.4 is 10.5 Å². The first-order valence-electron chi connectivity index (χ1n) is 5.94. The molecule has 0 unspecified atom stereocenters. The van der Waals surface area contributed by atoms with Crippen LogP contribution in [0, 0.1) is 22.4 Å². The van der Waals surface area contributed by atoms with E-state index in [2.05, 4.69) is 15.9 Å². The standard InChI is InChI=1S/C14H12BrN3O3/c1-8-2-3-13(12(4-8)14(16)17)21-11-6-9(15)5-10(7-11)18(19)20/h2-7H,1H3,(H3,16,17). The highest BCUT2D eigenvalue weighted by atomic mass is 79.9. The molecular formula is C14H12BrN3O3. The lowest BCUT2D eigenvalue weighted by Gasteiger charge is -2.11. The second-order valence-electron chi connectivity index (χ2n) is 4.42. The lowest BCUT2D eigenvalue weighted by atomic mass is 10.1. The van der Waals surface area contributed by atoms with Gasteiger partial charge in [-0.15, -0.1) is 0 Å². The number of hydrogen-bond donors (Lipinski definition) is 2. The van der Waals surface area contributed by atoms with Crippen LogP contribution in [0.3, 0.4) is 0 Å². The third-order valence-electron chi connectivity index (χ3n) is 2.72. The first-order chi connectivity index (χ1) is 9.86. The molecule has 3 N–H and O–H groups in total. The molecule has 0 aromatic heterocycles. The number of hydrogen-bond acceptors (Lipinski definition) is 4. The Morgan fingerprint density at radius 2 is 2.05 bits per heavy atom. The molecule has 0 heterocycles. The quantitative estimate of drug-likeness (QED) is 0.379. The van der Waals surface area contributed by atoms with Gasteiger partial charge in [0.05, 0.1) is 16.6 Å². The molecule has 2 aromatic rings. The van der Waals surface area contributed by atoms with Crippen molar-refractivity contribution in [3.8, 4) is 11.5 Å². The number of benzene rings is 2. The molecule has 6 nitrogen and oxygen atoms in total. The van der Waals surface area contributed by atoms with E-state index in [4.69, 9.17) is 15.9 Å². The zero-order valence-corrected chi connectivity index (χ0v) is 12.7. The Balaban J connectivity index is 2.43. The van der Waals surface area contributed by atoms with E-state index in [1.807, 2.05) is 13.0 Å². The Hall–Kier alpha value is -2.41. The zero-order valence-electron chi connectivity index (χ0n) is 11.1. The van der Waals surface area contributed by atoms with Gasteiger partial charge in [0.2, 0.25) is 0 Å². The summed E-state index contributed by atoms with van der Waals surface area (Å²) >= 11 is 3.20. The summed E-state index contributed by atoms with van der Waals surface area (Å²) in [6.07, 6.45) is 0. The number of aryl methyl sites for hydroxylation is 1. The number of nitro benzene ring substituents is 1. The van der Waals surface area contributed by atoms with Gasteiger partial charge in [0.1, 0.15) is 17.3 Å². The van der Waals surface area contributed by atoms with E-state index in [1.54, 1.807) is 18.2 Å². The smallest absolute Gasteiger partial charge is 0.274 e. The average Bonchev–Trinajstić information content (AvgIpc) is 2.40. The molecule has 0 fully saturated rings. The molecule has 0 aliphatic heterocycles. The Labute approximate surface area is 129 Å². The highest BCUT2D eigenvalue weighted by Gasteiger charge is 2.13. The molecule has 0 spiro atoms. The SMILES string of the molecule is Cc1ccc(Oc2cc(Br)cc([N+](=O)[O-])c2)c(C(=N)N)c1. The van der Waals surface area contributed by atoms with Crippen LogP contribution in [0.25, 0.3) is 0 Å². The number of nitrogens with zero attached hydrogens (tertiary/aromatic N) is 1. The number of nitro groups is 1. The molecular weight excluding hydrogens is 338 g/mol. The van der Waals surface area contributed by atoms with Gasteiger partial charge in [0, 0.05) is 10.5 Å². The fraction of sp³-hybridized carbons (Fsp3) is 0.0714. The van der Waals surface area contributed by atoms with Crippen molar-refractivity contribution in [2.45, 2.75) is 6.92 Å². The Kier molecular flexibility index (Phi) is 4.23. The monoisotopic (exact) mass is 349 g/mol. The summed E-state index contributed by atoms with van der Waals surface area (Å²) in [5.74, 6) is 0.543. The summed E-state index contributed by atoms with van der Waals surface area (Å²) in [6.45, 7) is 1.88. The van der Waals surface area contributed by atoms with Crippen LogP contribution in [0.2, 0.25) is 0 Å². The number of non-ortho nitro benzene ring substituents is 1. The fourth-order valence-electron chi connectivity index (χ4n) is 1.78. The molecule has 0 atom stereocenters. The molecule has 21 heavy (non-hydrogen) atoms. The molecule has 0 aliphatic carbocycles. The number of halogens is 1. The van der Waals surface area contributed by atoms with Crippen molar-refractivity contribution in [3.63, 3.8) is 0 Å². The van der Waals surface area contributed by atoms with Gasteiger partial charge in [-0.3, -0.25) is 15.5 Å². The van der Waals surface area contributed by atoms with E-state index in [-0.39, 0.29) is 11.5 Å². The lowest BCUT2D eigenvalue weighted by Crippen LogP contribution is -2.12. The lowest BCUT2D eigenvalue weighted by molar-refractivity contribution is -0.385. The predicted molar refractivity (Wildman–Crippen MR) is 83.1 cm³/mol. The third-order valence-corrected chi connectivity index (χ3v) is 3.18. The van der Waals surface area contributed by atoms with E-state index >= 15 is 0 Å². The van der Waals surface area contributed by atoms with Crippen molar-refractivity contribution in [2.75, 3.05) is 0 Å². The van der Waals surface area contributed by atoms with Gasteiger partial charge < -0.3 is 10.5 Å². The number of nitrogen functional groups attached to an aromatic ring is 1. The first kappa shape index (κ1) is 15.0. The Morgan fingerprint density at radius 1 is 1.33 bits per heavy atom. The van der Waals surface area contributed by atoms with E-state index < -0.39 is 4.92 Å². The maximum absolute atomic E-state index is 10.9. The number of rotatable bonds is 4. The van der Waals surface area contributed by atoms with Gasteiger partial charge in [-0.2, -0.15) is 0 Å². The fourth-order valence-corrected chi connectivity index (χ4v) is 2.24. The largest absolute Gasteiger partial charge is 0.456 e. The van der Waals surface area contributed by atoms with Crippen LogP contribution >= 0.6 is 15.9 Å². The second-order valence-corrected chi connectivity index (χ2v) is 5.33. The predicted octanol–water partition coefficient (Wildman–Crippen LogP) is 3.74. The summed E-state index contributed by atoms with van der Waals surface area (Å²) in [4.78, 5) is 10.4. The van der Waals surface area contributed by atoms with Crippen LogP contribution in [-0.2, 0) is 0 Å². The van der Waals surface area contributed by atoms with Gasteiger partial charge in [0.25, 0.3) is 5.69 Å². The topological polar surface area (TPSA) is 102 Å². The van der Waals surface area contributed by atoms with Crippen LogP contribution in [0.5, 0.6) is 11.5 Å². The number of nitrogens with one attached hydrogen (secondary N) is 1. The number of ether oxygens (including phenoxy) is 1. The van der Waals surface area contributed by atoms with Crippen LogP contribution in [-0.4, -0.2) is 10.8 Å². The molecule has 0 amide bonds. The molecule has 2 aromatic carbocycles. The normalized spacial score (nSPS) is 10.2. The van der Waals surface area contributed by atoms with E-state index in [0.29, 0.717) is 21.5 Å². The third kappa shape index (κ3) is 3.57.